The van der Waals surface area contributed by atoms with Crippen molar-refractivity contribution in [1.82, 2.24) is 0 Å². The van der Waals surface area contributed by atoms with Crippen molar-refractivity contribution in [3.05, 3.63) is 83.9 Å². The van der Waals surface area contributed by atoms with Crippen molar-refractivity contribution < 1.29 is 26.9 Å². The van der Waals surface area contributed by atoms with E-state index in [0.29, 0.717) is 12.2 Å². The highest BCUT2D eigenvalue weighted by molar-refractivity contribution is 7.97. The summed E-state index contributed by atoms with van der Waals surface area (Å²) in [6, 6.07) is 25.1. The van der Waals surface area contributed by atoms with Crippen LogP contribution >= 0.6 is 0 Å². The highest BCUT2D eigenvalue weighted by Crippen LogP contribution is 2.55. The maximum Gasteiger partial charge on any atom is 0.344 e. The van der Waals surface area contributed by atoms with Gasteiger partial charge in [0, 0.05) is 24.0 Å². The monoisotopic (exact) mass is 537 g/mol. The molecule has 3 fully saturated rings. The first-order chi connectivity index (χ1) is 17.8. The van der Waals surface area contributed by atoms with Gasteiger partial charge in [-0.15, -0.1) is 0 Å². The fourth-order valence-electron chi connectivity index (χ4n) is 6.14. The van der Waals surface area contributed by atoms with Crippen LogP contribution in [0.3, 0.4) is 0 Å². The summed E-state index contributed by atoms with van der Waals surface area (Å²) in [7, 11) is -3.82. The SMILES string of the molecule is Cc1cc([S+](c2ccccc2)c2ccccc2)cc(C)c1OCC(=O)OC1C2CC3C1OS(=O)(=O)C3C2. The summed E-state index contributed by atoms with van der Waals surface area (Å²) in [6.45, 7) is 3.74. The minimum Gasteiger partial charge on any atom is -0.481 e. The molecule has 3 aliphatic rings. The van der Waals surface area contributed by atoms with Crippen molar-refractivity contribution in [2.24, 2.45) is 11.8 Å². The Balaban J connectivity index is 1.18. The largest absolute Gasteiger partial charge is 0.481 e. The summed E-state index contributed by atoms with van der Waals surface area (Å²) in [6.07, 6.45) is 0.178. The van der Waals surface area contributed by atoms with E-state index in [1.54, 1.807) is 0 Å². The highest BCUT2D eigenvalue weighted by Gasteiger charge is 2.65. The van der Waals surface area contributed by atoms with E-state index >= 15 is 0 Å². The lowest BCUT2D eigenvalue weighted by molar-refractivity contribution is -0.158. The molecule has 0 aromatic heterocycles. The molecule has 6 rings (SSSR count). The normalized spacial score (nSPS) is 26.9. The summed E-state index contributed by atoms with van der Waals surface area (Å²) in [5.74, 6) is 0.142. The van der Waals surface area contributed by atoms with Gasteiger partial charge < -0.3 is 9.47 Å². The molecule has 0 amide bonds. The second kappa shape index (κ2) is 9.49. The van der Waals surface area contributed by atoms with Crippen LogP contribution < -0.4 is 4.74 Å². The van der Waals surface area contributed by atoms with Crippen LogP contribution in [-0.2, 0) is 34.7 Å². The number of ether oxygens (including phenoxy) is 2. The summed E-state index contributed by atoms with van der Waals surface area (Å²) in [5.41, 5.74) is 1.89. The molecule has 2 bridgehead atoms. The van der Waals surface area contributed by atoms with Gasteiger partial charge >= 0.3 is 5.97 Å². The van der Waals surface area contributed by atoms with Gasteiger partial charge in [-0.25, -0.2) is 4.79 Å². The molecule has 5 atom stereocenters. The van der Waals surface area contributed by atoms with Gasteiger partial charge in [0.05, 0.1) is 16.1 Å². The lowest BCUT2D eigenvalue weighted by Gasteiger charge is -2.25. The van der Waals surface area contributed by atoms with Crippen LogP contribution in [0.1, 0.15) is 24.0 Å². The van der Waals surface area contributed by atoms with Crippen molar-refractivity contribution in [2.45, 2.75) is 58.8 Å². The number of hydrogen-bond acceptors (Lipinski definition) is 6. The van der Waals surface area contributed by atoms with E-state index in [9.17, 15) is 13.2 Å². The number of carbonyl (C=O) groups is 1. The summed E-state index contributed by atoms with van der Waals surface area (Å²) in [5, 5.41) is -0.436. The minimum atomic E-state index is -3.54. The van der Waals surface area contributed by atoms with E-state index in [1.807, 2.05) is 26.0 Å². The molecular formula is C29H29O6S2+. The number of hydrogen-bond donors (Lipinski definition) is 0. The number of esters is 1. The van der Waals surface area contributed by atoms with Crippen molar-refractivity contribution in [1.29, 1.82) is 0 Å². The fraction of sp³-hybridized carbons (Fsp3) is 0.345. The standard InChI is InChI=1S/C29H29O6S2/c1-18-13-23(36(21-9-5-3-6-10-21)22-11-7-4-8-12-22)14-19(2)27(18)33-17-26(30)34-28-20-15-24-25(16-20)37(31,32)35-29(24)28/h3-14,20,24-25,28-29H,15-17H2,1-2H3/q+1. The molecule has 8 heteroatoms. The zero-order valence-electron chi connectivity index (χ0n) is 20.7. The van der Waals surface area contributed by atoms with E-state index in [2.05, 4.69) is 60.7 Å². The molecule has 5 unspecified atom stereocenters. The van der Waals surface area contributed by atoms with Gasteiger partial charge in [0.25, 0.3) is 10.1 Å². The number of aryl methyl sites for hydroxylation is 2. The maximum atomic E-state index is 12.7. The number of carbonyl (C=O) groups excluding carboxylic acids is 1. The van der Waals surface area contributed by atoms with Gasteiger partial charge in [-0.1, -0.05) is 36.4 Å². The van der Waals surface area contributed by atoms with E-state index < -0.39 is 33.5 Å². The second-order valence-electron chi connectivity index (χ2n) is 10.0. The molecule has 192 valence electrons. The number of fused-ring (bicyclic) bond motifs is 1. The van der Waals surface area contributed by atoms with Crippen molar-refractivity contribution in [3.8, 4) is 5.75 Å². The molecule has 37 heavy (non-hydrogen) atoms. The molecule has 0 spiro atoms. The minimum absolute atomic E-state index is 0.0397. The van der Waals surface area contributed by atoms with E-state index in [0.717, 1.165) is 17.5 Å². The van der Waals surface area contributed by atoms with Crippen molar-refractivity contribution >= 4 is 27.0 Å². The van der Waals surface area contributed by atoms with Gasteiger partial charge in [0.1, 0.15) is 18.0 Å². The highest BCUT2D eigenvalue weighted by atomic mass is 32.2. The predicted molar refractivity (Wildman–Crippen MR) is 140 cm³/mol. The molecule has 3 aromatic rings. The molecule has 3 aromatic carbocycles. The van der Waals surface area contributed by atoms with Crippen molar-refractivity contribution in [2.75, 3.05) is 6.61 Å². The lowest BCUT2D eigenvalue weighted by Crippen LogP contribution is -2.38. The van der Waals surface area contributed by atoms with Gasteiger partial charge in [-0.05, 0) is 62.1 Å². The predicted octanol–water partition coefficient (Wildman–Crippen LogP) is 4.83. The lowest BCUT2D eigenvalue weighted by atomic mass is 9.94. The Morgan fingerprint density at radius 2 is 1.51 bits per heavy atom. The molecular weight excluding hydrogens is 508 g/mol. The smallest absolute Gasteiger partial charge is 0.344 e. The molecule has 1 heterocycles. The Labute approximate surface area is 220 Å². The Morgan fingerprint density at radius 1 is 0.919 bits per heavy atom. The van der Waals surface area contributed by atoms with E-state index in [1.165, 1.54) is 14.7 Å². The number of rotatable bonds is 7. The summed E-state index contributed by atoms with van der Waals surface area (Å²) in [4.78, 5) is 16.3. The molecule has 1 aliphatic heterocycles. The molecule has 1 saturated heterocycles. The zero-order chi connectivity index (χ0) is 25.7. The Morgan fingerprint density at radius 3 is 2.11 bits per heavy atom. The van der Waals surface area contributed by atoms with E-state index in [-0.39, 0.29) is 29.3 Å². The third-order valence-electron chi connectivity index (χ3n) is 7.64. The average molecular weight is 538 g/mol. The first kappa shape index (κ1) is 24.5. The summed E-state index contributed by atoms with van der Waals surface area (Å²) < 4.78 is 41.3. The van der Waals surface area contributed by atoms with Gasteiger partial charge in [0.2, 0.25) is 0 Å². The van der Waals surface area contributed by atoms with Crippen LogP contribution in [0.5, 0.6) is 5.75 Å². The van der Waals surface area contributed by atoms with Crippen molar-refractivity contribution in [3.63, 3.8) is 0 Å². The van der Waals surface area contributed by atoms with Gasteiger partial charge in [-0.3, -0.25) is 4.18 Å². The fourth-order valence-corrected chi connectivity index (χ4v) is 10.3. The first-order valence-corrected chi connectivity index (χ1v) is 15.2. The van der Waals surface area contributed by atoms with Crippen LogP contribution in [0.15, 0.2) is 87.5 Å². The first-order valence-electron chi connectivity index (χ1n) is 12.5. The quantitative estimate of drug-likeness (QED) is 0.244. The van der Waals surface area contributed by atoms with Crippen LogP contribution in [0, 0.1) is 25.7 Å². The van der Waals surface area contributed by atoms with Crippen LogP contribution in [0.4, 0.5) is 0 Å². The van der Waals surface area contributed by atoms with E-state index in [4.69, 9.17) is 13.7 Å². The molecule has 2 aliphatic carbocycles. The Bertz CT molecular complexity index is 1360. The third kappa shape index (κ3) is 4.45. The second-order valence-corrected chi connectivity index (χ2v) is 13.9. The van der Waals surface area contributed by atoms with Crippen LogP contribution in [0.2, 0.25) is 0 Å². The zero-order valence-corrected chi connectivity index (χ0v) is 22.3. The number of benzene rings is 3. The Hall–Kier alpha value is -2.81. The van der Waals surface area contributed by atoms with Crippen LogP contribution in [-0.4, -0.2) is 38.5 Å². The summed E-state index contributed by atoms with van der Waals surface area (Å²) >= 11 is 0. The molecule has 6 nitrogen and oxygen atoms in total. The molecule has 0 N–H and O–H groups in total. The van der Waals surface area contributed by atoms with Gasteiger partial charge in [0.15, 0.2) is 21.3 Å². The third-order valence-corrected chi connectivity index (χ3v) is 11.6. The van der Waals surface area contributed by atoms with Crippen LogP contribution in [0.25, 0.3) is 0 Å². The maximum absolute atomic E-state index is 12.7. The molecule has 0 radical (unpaired) electrons. The topological polar surface area (TPSA) is 78.9 Å². The molecule has 2 saturated carbocycles. The average Bonchev–Trinajstić information content (AvgIpc) is 3.50. The Kier molecular flexibility index (Phi) is 6.29. The van der Waals surface area contributed by atoms with Gasteiger partial charge in [-0.2, -0.15) is 8.42 Å².